The fourth-order valence-electron chi connectivity index (χ4n) is 4.29. The molecule has 3 unspecified atom stereocenters. The highest BCUT2D eigenvalue weighted by atomic mass is 19.1. The molecule has 0 spiro atoms. The number of rotatable bonds is 2. The smallest absolute Gasteiger partial charge is 0.270 e. The van der Waals surface area contributed by atoms with Crippen LogP contribution in [-0.4, -0.2) is 52.8 Å². The Morgan fingerprint density at radius 1 is 1.36 bits per heavy atom. The van der Waals surface area contributed by atoms with Crippen LogP contribution in [0.15, 0.2) is 18.2 Å². The Morgan fingerprint density at radius 3 is 2.96 bits per heavy atom. The maximum atomic E-state index is 13.6. The summed E-state index contributed by atoms with van der Waals surface area (Å²) in [6.07, 6.45) is 2.31. The largest absolute Gasteiger partial charge is 0.393 e. The van der Waals surface area contributed by atoms with E-state index in [0.717, 1.165) is 30.2 Å². The second-order valence-electron chi connectivity index (χ2n) is 7.17. The Balaban J connectivity index is 1.65. The van der Waals surface area contributed by atoms with Crippen molar-refractivity contribution in [1.29, 1.82) is 0 Å². The van der Waals surface area contributed by atoms with Crippen LogP contribution in [0.3, 0.4) is 0 Å². The van der Waals surface area contributed by atoms with Crippen LogP contribution >= 0.6 is 0 Å². The summed E-state index contributed by atoms with van der Waals surface area (Å²) in [6.45, 7) is 3.30. The van der Waals surface area contributed by atoms with Gasteiger partial charge < -0.3 is 19.7 Å². The maximum Gasteiger partial charge on any atom is 0.270 e. The van der Waals surface area contributed by atoms with E-state index in [2.05, 4.69) is 4.98 Å². The van der Waals surface area contributed by atoms with Crippen molar-refractivity contribution in [3.05, 3.63) is 35.3 Å². The number of carbonyl (C=O) groups is 1. The van der Waals surface area contributed by atoms with E-state index in [4.69, 9.17) is 4.74 Å². The number of halogens is 1. The van der Waals surface area contributed by atoms with Crippen molar-refractivity contribution >= 4 is 16.8 Å². The number of morpholine rings is 1. The van der Waals surface area contributed by atoms with E-state index in [1.165, 1.54) is 12.1 Å². The van der Waals surface area contributed by atoms with E-state index in [-0.39, 0.29) is 29.8 Å². The summed E-state index contributed by atoms with van der Waals surface area (Å²) in [5.41, 5.74) is 1.89. The highest BCUT2D eigenvalue weighted by Gasteiger charge is 2.40. The molecule has 2 fully saturated rings. The van der Waals surface area contributed by atoms with Gasteiger partial charge in [0.25, 0.3) is 5.91 Å². The van der Waals surface area contributed by atoms with Crippen molar-refractivity contribution in [3.8, 4) is 0 Å². The first-order valence-corrected chi connectivity index (χ1v) is 8.90. The molecule has 25 heavy (non-hydrogen) atoms. The van der Waals surface area contributed by atoms with Gasteiger partial charge >= 0.3 is 0 Å². The number of fused-ring (bicyclic) bond motifs is 1. The van der Waals surface area contributed by atoms with Gasteiger partial charge in [-0.3, -0.25) is 4.79 Å². The van der Waals surface area contributed by atoms with Gasteiger partial charge in [0.2, 0.25) is 0 Å². The number of carbonyl (C=O) groups excluding carboxylic acids is 1. The van der Waals surface area contributed by atoms with Gasteiger partial charge in [0.15, 0.2) is 0 Å². The topological polar surface area (TPSA) is 65.6 Å². The molecule has 0 radical (unpaired) electrons. The van der Waals surface area contributed by atoms with E-state index >= 15 is 0 Å². The van der Waals surface area contributed by atoms with Gasteiger partial charge in [-0.05, 0) is 43.5 Å². The van der Waals surface area contributed by atoms with Crippen molar-refractivity contribution in [2.45, 2.75) is 38.3 Å². The Kier molecular flexibility index (Phi) is 4.25. The summed E-state index contributed by atoms with van der Waals surface area (Å²) in [5.74, 6) is -0.361. The monoisotopic (exact) mass is 346 g/mol. The van der Waals surface area contributed by atoms with Gasteiger partial charge in [-0.1, -0.05) is 6.42 Å². The number of benzene rings is 1. The van der Waals surface area contributed by atoms with Crippen LogP contribution in [0.4, 0.5) is 4.39 Å². The first-order chi connectivity index (χ1) is 12.0. The van der Waals surface area contributed by atoms with Crippen molar-refractivity contribution in [2.75, 3.05) is 19.8 Å². The van der Waals surface area contributed by atoms with Gasteiger partial charge in [0, 0.05) is 23.4 Å². The highest BCUT2D eigenvalue weighted by molar-refractivity contribution is 5.99. The summed E-state index contributed by atoms with van der Waals surface area (Å²) in [5, 5.41) is 11.1. The van der Waals surface area contributed by atoms with Gasteiger partial charge in [-0.25, -0.2) is 4.39 Å². The summed E-state index contributed by atoms with van der Waals surface area (Å²) < 4.78 is 19.2. The number of aromatic amines is 1. The Morgan fingerprint density at radius 2 is 2.20 bits per heavy atom. The molecule has 1 amide bonds. The normalized spacial score (nSPS) is 27.2. The second kappa shape index (κ2) is 6.42. The molecule has 1 saturated carbocycles. The van der Waals surface area contributed by atoms with Crippen LogP contribution in [0.25, 0.3) is 10.9 Å². The first-order valence-electron chi connectivity index (χ1n) is 8.90. The second-order valence-corrected chi connectivity index (χ2v) is 7.17. The van der Waals surface area contributed by atoms with E-state index in [1.54, 1.807) is 6.07 Å². The third-order valence-electron chi connectivity index (χ3n) is 5.59. The lowest BCUT2D eigenvalue weighted by Crippen LogP contribution is -2.53. The number of hydrogen-bond donors (Lipinski definition) is 2. The number of aryl methyl sites for hydroxylation is 1. The van der Waals surface area contributed by atoms with Gasteiger partial charge in [-0.15, -0.1) is 0 Å². The number of aliphatic hydroxyl groups is 1. The lowest BCUT2D eigenvalue weighted by molar-refractivity contribution is -0.0385. The van der Waals surface area contributed by atoms with Crippen LogP contribution in [0.2, 0.25) is 0 Å². The summed E-state index contributed by atoms with van der Waals surface area (Å²) >= 11 is 0. The van der Waals surface area contributed by atoms with Crippen molar-refractivity contribution in [2.24, 2.45) is 5.92 Å². The molecule has 1 saturated heterocycles. The molecule has 3 atom stereocenters. The lowest BCUT2D eigenvalue weighted by Gasteiger charge is -2.39. The fourth-order valence-corrected chi connectivity index (χ4v) is 4.29. The van der Waals surface area contributed by atoms with Crippen LogP contribution < -0.4 is 0 Å². The third kappa shape index (κ3) is 2.93. The fraction of sp³-hybridized carbons (Fsp3) is 0.526. The average Bonchev–Trinajstić information content (AvgIpc) is 3.20. The minimum Gasteiger partial charge on any atom is -0.393 e. The summed E-state index contributed by atoms with van der Waals surface area (Å²) in [7, 11) is 0. The minimum atomic E-state index is -0.374. The zero-order valence-electron chi connectivity index (χ0n) is 14.3. The lowest BCUT2D eigenvalue weighted by atomic mass is 9.94. The molecular weight excluding hydrogens is 323 g/mol. The molecule has 5 nitrogen and oxygen atoms in total. The van der Waals surface area contributed by atoms with Crippen LogP contribution in [0.5, 0.6) is 0 Å². The molecule has 2 aromatic rings. The Bertz CT molecular complexity index is 803. The van der Waals surface area contributed by atoms with E-state index in [0.29, 0.717) is 31.0 Å². The highest BCUT2D eigenvalue weighted by Crippen LogP contribution is 2.33. The number of H-pyrrole nitrogens is 1. The van der Waals surface area contributed by atoms with Crippen LogP contribution in [0.1, 0.15) is 35.3 Å². The number of nitrogens with zero attached hydrogens (tertiary/aromatic N) is 1. The summed E-state index contributed by atoms with van der Waals surface area (Å²) in [6, 6.07) is 4.57. The quantitative estimate of drug-likeness (QED) is 0.878. The number of nitrogens with one attached hydrogen (secondary N) is 1. The standard InChI is InChI=1S/C19H23FN2O3/c1-11-7-12(20)8-15-14(11)9-16(21-15)19(24)22-5-6-25-10-17(22)13-3-2-4-18(13)23/h7-9,13,17-18,21,23H,2-6,10H2,1H3. The molecule has 1 aromatic heterocycles. The zero-order valence-corrected chi connectivity index (χ0v) is 14.3. The summed E-state index contributed by atoms with van der Waals surface area (Å²) in [4.78, 5) is 18.0. The van der Waals surface area contributed by atoms with Gasteiger partial charge in [0.05, 0.1) is 25.4 Å². The van der Waals surface area contributed by atoms with Crippen LogP contribution in [-0.2, 0) is 4.74 Å². The predicted molar refractivity (Wildman–Crippen MR) is 92.0 cm³/mol. The molecule has 2 heterocycles. The first kappa shape index (κ1) is 16.5. The Labute approximate surface area is 145 Å². The predicted octanol–water partition coefficient (Wildman–Crippen LogP) is 2.62. The number of ether oxygens (including phenoxy) is 1. The average molecular weight is 346 g/mol. The molecule has 4 rings (SSSR count). The molecule has 6 heteroatoms. The molecular formula is C19H23FN2O3. The van der Waals surface area contributed by atoms with E-state index < -0.39 is 0 Å². The number of aliphatic hydroxyl groups excluding tert-OH is 1. The zero-order chi connectivity index (χ0) is 17.6. The third-order valence-corrected chi connectivity index (χ3v) is 5.59. The van der Waals surface area contributed by atoms with Gasteiger partial charge in [-0.2, -0.15) is 0 Å². The van der Waals surface area contributed by atoms with Crippen molar-refractivity contribution < 1.29 is 19.0 Å². The Hall–Kier alpha value is -1.92. The van der Waals surface area contributed by atoms with E-state index in [1.807, 2.05) is 11.8 Å². The van der Waals surface area contributed by atoms with Crippen molar-refractivity contribution in [3.63, 3.8) is 0 Å². The minimum absolute atomic E-state index is 0.0628. The molecule has 134 valence electrons. The molecule has 1 aromatic carbocycles. The molecule has 2 aliphatic rings. The molecule has 1 aliphatic heterocycles. The van der Waals surface area contributed by atoms with Crippen LogP contribution in [0, 0.1) is 18.7 Å². The SMILES string of the molecule is Cc1cc(F)cc2[nH]c(C(=O)N3CCOCC3C3CCCC3O)cc12. The number of amides is 1. The number of aromatic nitrogens is 1. The number of hydrogen-bond acceptors (Lipinski definition) is 3. The maximum absolute atomic E-state index is 13.6. The van der Waals surface area contributed by atoms with Gasteiger partial charge in [0.1, 0.15) is 11.5 Å². The molecule has 1 aliphatic carbocycles. The van der Waals surface area contributed by atoms with E-state index in [9.17, 15) is 14.3 Å². The molecule has 0 bridgehead atoms. The molecule has 2 N–H and O–H groups in total. The van der Waals surface area contributed by atoms with Crippen molar-refractivity contribution in [1.82, 2.24) is 9.88 Å².